The summed E-state index contributed by atoms with van der Waals surface area (Å²) in [6.45, 7) is 2.64. The van der Waals surface area contributed by atoms with E-state index < -0.39 is 26.7 Å². The zero-order chi connectivity index (χ0) is 15.3. The summed E-state index contributed by atoms with van der Waals surface area (Å²) >= 11 is 0. The average Bonchev–Trinajstić information content (AvgIpc) is 2.23. The summed E-state index contributed by atoms with van der Waals surface area (Å²) < 4.78 is 22.2. The molecule has 5 N–H and O–H groups in total. The zero-order valence-electron chi connectivity index (χ0n) is 11.8. The molecule has 0 spiro atoms. The lowest BCUT2D eigenvalue weighted by Crippen LogP contribution is -2.34. The van der Waals surface area contributed by atoms with Crippen LogP contribution in [-0.4, -0.2) is 77.9 Å². The fourth-order valence-electron chi connectivity index (χ4n) is 1.55. The van der Waals surface area contributed by atoms with Crippen LogP contribution >= 0.6 is 15.2 Å². The molecule has 0 aromatic rings. The van der Waals surface area contributed by atoms with Gasteiger partial charge in [-0.25, -0.2) is 0 Å². The van der Waals surface area contributed by atoms with Crippen LogP contribution in [0.2, 0.25) is 0 Å². The maximum atomic E-state index is 11.1. The Morgan fingerprint density at radius 2 is 1.45 bits per heavy atom. The lowest BCUT2D eigenvalue weighted by atomic mass is 10.2. The van der Waals surface area contributed by atoms with Crippen molar-refractivity contribution in [2.24, 2.45) is 0 Å². The number of nitrogens with zero attached hydrogens (tertiary/aromatic N) is 1. The summed E-state index contributed by atoms with van der Waals surface area (Å²) in [6.07, 6.45) is 2.19. The normalized spacial score (nSPS) is 13.4. The van der Waals surface area contributed by atoms with Gasteiger partial charge in [-0.3, -0.25) is 9.13 Å². The van der Waals surface area contributed by atoms with E-state index >= 15 is 0 Å². The van der Waals surface area contributed by atoms with Gasteiger partial charge in [0, 0.05) is 36.0 Å². The molecule has 0 aliphatic carbocycles. The van der Waals surface area contributed by atoms with Crippen LogP contribution in [-0.2, 0) is 9.13 Å². The second kappa shape index (κ2) is 9.20. The Morgan fingerprint density at radius 1 is 1.00 bits per heavy atom. The third kappa shape index (κ3) is 6.83. The van der Waals surface area contributed by atoms with E-state index in [1.54, 1.807) is 11.9 Å². The molecule has 0 atom stereocenters. The van der Waals surface area contributed by atoms with Crippen LogP contribution in [0.5, 0.6) is 0 Å². The molecule has 118 valence electrons. The molecule has 0 aromatic heterocycles. The van der Waals surface area contributed by atoms with Crippen LogP contribution in [0, 0.1) is 0 Å². The Morgan fingerprint density at radius 3 is 1.80 bits per heavy atom. The molecule has 0 heterocycles. The van der Waals surface area contributed by atoms with Crippen LogP contribution in [0.1, 0.15) is 32.6 Å². The van der Waals surface area contributed by atoms with Crippen LogP contribution in [0.15, 0.2) is 0 Å². The highest BCUT2D eigenvalue weighted by molar-refractivity contribution is 7.72. The van der Waals surface area contributed by atoms with Gasteiger partial charge in [-0.2, -0.15) is 0 Å². The van der Waals surface area contributed by atoms with E-state index in [0.717, 1.165) is 19.3 Å². The molecule has 0 saturated carbocycles. The molecule has 0 aliphatic heterocycles. The topological polar surface area (TPSA) is 139 Å². The Bertz CT molecular complexity index is 347. The number of hydrogen-bond donors (Lipinski definition) is 5. The molecule has 0 fully saturated rings. The van der Waals surface area contributed by atoms with Gasteiger partial charge >= 0.3 is 15.2 Å². The maximum Gasteiger partial charge on any atom is 0.369 e. The van der Waals surface area contributed by atoms with E-state index in [-0.39, 0.29) is 29.6 Å². The summed E-state index contributed by atoms with van der Waals surface area (Å²) in [7, 11) is -9.00. The lowest BCUT2D eigenvalue weighted by Gasteiger charge is -2.30. The van der Waals surface area contributed by atoms with Crippen molar-refractivity contribution in [2.75, 3.05) is 20.1 Å². The van der Waals surface area contributed by atoms with Crippen LogP contribution < -0.4 is 0 Å². The third-order valence-corrected chi connectivity index (χ3v) is 6.78. The summed E-state index contributed by atoms with van der Waals surface area (Å²) in [4.78, 5) is 37.5. The molecule has 2 radical (unpaired) electrons. The highest BCUT2D eigenvalue weighted by Gasteiger charge is 2.58. The van der Waals surface area contributed by atoms with Crippen molar-refractivity contribution in [2.45, 2.75) is 37.7 Å². The predicted octanol–water partition coefficient (Wildman–Crippen LogP) is 0.119. The first-order chi connectivity index (χ1) is 8.45. The monoisotopic (exact) mass is 343 g/mol. The second-order valence-corrected chi connectivity index (χ2v) is 8.63. The first kappa shape index (κ1) is 23.3. The summed E-state index contributed by atoms with van der Waals surface area (Å²) in [5, 5.41) is 6.35. The standard InChI is InChI=1S/C9H23NO7P2.Mg/c1-3-4-5-7-10(2)8-6-9(11,18(12,13)14)19(15,16)17;/h11H,3-8H2,1-2H3,(H2,12,13,14)(H2,15,16,17);. The molecule has 0 amide bonds. The molecular formula is C9H23MgNO7P2. The molecule has 0 aliphatic rings. The van der Waals surface area contributed by atoms with Gasteiger partial charge in [-0.05, 0) is 20.0 Å². The molecule has 0 aromatic carbocycles. The average molecular weight is 344 g/mol. The van der Waals surface area contributed by atoms with Crippen LogP contribution in [0.3, 0.4) is 0 Å². The van der Waals surface area contributed by atoms with E-state index in [2.05, 4.69) is 0 Å². The van der Waals surface area contributed by atoms with E-state index in [1.165, 1.54) is 0 Å². The molecule has 8 nitrogen and oxygen atoms in total. The van der Waals surface area contributed by atoms with Crippen molar-refractivity contribution in [3.8, 4) is 0 Å². The number of aliphatic hydroxyl groups is 1. The minimum absolute atomic E-state index is 0. The summed E-state index contributed by atoms with van der Waals surface area (Å²) in [5.41, 5.74) is 0. The maximum absolute atomic E-state index is 11.1. The fraction of sp³-hybridized carbons (Fsp3) is 1.00. The Balaban J connectivity index is 0. The predicted molar refractivity (Wildman–Crippen MR) is 76.4 cm³/mol. The van der Waals surface area contributed by atoms with Crippen molar-refractivity contribution in [3.05, 3.63) is 0 Å². The van der Waals surface area contributed by atoms with Gasteiger partial charge in [0.25, 0.3) is 5.08 Å². The van der Waals surface area contributed by atoms with Gasteiger partial charge in [-0.15, -0.1) is 0 Å². The minimum atomic E-state index is -5.33. The largest absolute Gasteiger partial charge is 0.369 e. The van der Waals surface area contributed by atoms with Gasteiger partial charge in [-0.1, -0.05) is 19.8 Å². The third-order valence-electron chi connectivity index (χ3n) is 2.91. The second-order valence-electron chi connectivity index (χ2n) is 4.62. The highest BCUT2D eigenvalue weighted by Crippen LogP contribution is 2.68. The SMILES string of the molecule is CCCCCN(C)CCC(O)(P(=O)(O)O)P(=O)(O)O.[Mg]. The van der Waals surface area contributed by atoms with Crippen molar-refractivity contribution in [1.29, 1.82) is 0 Å². The van der Waals surface area contributed by atoms with E-state index in [0.29, 0.717) is 6.54 Å². The van der Waals surface area contributed by atoms with Crippen molar-refractivity contribution >= 4 is 38.2 Å². The van der Waals surface area contributed by atoms with Gasteiger partial charge in [0.1, 0.15) is 0 Å². The Labute approximate surface area is 135 Å². The molecule has 0 saturated heterocycles. The molecule has 0 rings (SSSR count). The smallest absolute Gasteiger partial charge is 0.367 e. The molecule has 11 heteroatoms. The van der Waals surface area contributed by atoms with Crippen LogP contribution in [0.4, 0.5) is 0 Å². The number of unbranched alkanes of at least 4 members (excludes halogenated alkanes) is 2. The Kier molecular flexibility index (Phi) is 10.7. The van der Waals surface area contributed by atoms with Crippen LogP contribution in [0.25, 0.3) is 0 Å². The number of rotatable bonds is 9. The molecular weight excluding hydrogens is 320 g/mol. The van der Waals surface area contributed by atoms with Gasteiger partial charge in [0.2, 0.25) is 0 Å². The quantitative estimate of drug-likeness (QED) is 0.226. The van der Waals surface area contributed by atoms with Crippen molar-refractivity contribution < 1.29 is 33.8 Å². The molecule has 20 heavy (non-hydrogen) atoms. The summed E-state index contributed by atoms with van der Waals surface area (Å²) in [5.74, 6) is 0. The van der Waals surface area contributed by atoms with E-state index in [4.69, 9.17) is 19.6 Å². The Hall–Kier alpha value is 0.986. The minimum Gasteiger partial charge on any atom is -0.367 e. The summed E-state index contributed by atoms with van der Waals surface area (Å²) in [6, 6.07) is 0. The highest BCUT2D eigenvalue weighted by atomic mass is 31.2. The molecule has 0 unspecified atom stereocenters. The first-order valence-corrected chi connectivity index (χ1v) is 9.20. The van der Waals surface area contributed by atoms with Gasteiger partial charge in [0.05, 0.1) is 0 Å². The molecule has 0 bridgehead atoms. The van der Waals surface area contributed by atoms with Gasteiger partial charge in [0.15, 0.2) is 0 Å². The lowest BCUT2D eigenvalue weighted by molar-refractivity contribution is 0.112. The van der Waals surface area contributed by atoms with Crippen molar-refractivity contribution in [1.82, 2.24) is 4.90 Å². The fourth-order valence-corrected chi connectivity index (χ4v) is 3.69. The van der Waals surface area contributed by atoms with E-state index in [1.807, 2.05) is 6.92 Å². The van der Waals surface area contributed by atoms with E-state index in [9.17, 15) is 14.2 Å². The van der Waals surface area contributed by atoms with Gasteiger partial charge < -0.3 is 29.6 Å². The number of hydrogen-bond acceptors (Lipinski definition) is 4. The zero-order valence-corrected chi connectivity index (χ0v) is 15.0. The first-order valence-electron chi connectivity index (χ1n) is 5.98. The van der Waals surface area contributed by atoms with Crippen molar-refractivity contribution in [3.63, 3.8) is 0 Å².